The molecule has 1 fully saturated rings. The topological polar surface area (TPSA) is 46.5 Å². The molecular formula is C23H26O3. The molecule has 3 rings (SSSR count). The number of rotatable bonds is 5. The molecule has 0 amide bonds. The number of hydrogen-bond donors (Lipinski definition) is 1. The van der Waals surface area contributed by atoms with E-state index >= 15 is 0 Å². The molecule has 1 aliphatic heterocycles. The molecule has 2 aliphatic rings. The Hall–Kier alpha value is -2.31. The third-order valence-electron chi connectivity index (χ3n) is 5.01. The van der Waals surface area contributed by atoms with Crippen molar-refractivity contribution in [2.45, 2.75) is 52.4 Å². The van der Waals surface area contributed by atoms with Crippen molar-refractivity contribution in [2.75, 3.05) is 13.2 Å². The molecule has 26 heavy (non-hydrogen) atoms. The summed E-state index contributed by atoms with van der Waals surface area (Å²) in [5, 5.41) is 9.37. The van der Waals surface area contributed by atoms with E-state index in [9.17, 15) is 9.90 Å². The summed E-state index contributed by atoms with van der Waals surface area (Å²) in [5.74, 6) is -0.272. The Morgan fingerprint density at radius 3 is 2.38 bits per heavy atom. The molecular weight excluding hydrogens is 324 g/mol. The zero-order chi connectivity index (χ0) is 18.8. The van der Waals surface area contributed by atoms with E-state index in [1.165, 1.54) is 11.1 Å². The third kappa shape index (κ3) is 3.76. The van der Waals surface area contributed by atoms with E-state index in [0.717, 1.165) is 40.9 Å². The van der Waals surface area contributed by atoms with Crippen molar-refractivity contribution in [1.29, 1.82) is 0 Å². The van der Waals surface area contributed by atoms with Gasteiger partial charge in [-0.2, -0.15) is 0 Å². The van der Waals surface area contributed by atoms with Gasteiger partial charge in [0.2, 0.25) is 0 Å². The lowest BCUT2D eigenvalue weighted by atomic mass is 9.83. The van der Waals surface area contributed by atoms with Gasteiger partial charge in [-0.1, -0.05) is 39.2 Å². The molecule has 0 bridgehead atoms. The van der Waals surface area contributed by atoms with Crippen LogP contribution in [0.15, 0.2) is 40.8 Å². The van der Waals surface area contributed by atoms with Crippen molar-refractivity contribution in [3.8, 4) is 0 Å². The summed E-state index contributed by atoms with van der Waals surface area (Å²) in [5.41, 5.74) is 14.2. The fourth-order valence-electron chi connectivity index (χ4n) is 3.64. The molecule has 136 valence electrons. The van der Waals surface area contributed by atoms with Gasteiger partial charge in [-0.25, -0.2) is 0 Å². The van der Waals surface area contributed by atoms with Gasteiger partial charge in [-0.15, -0.1) is 0 Å². The number of aliphatic carboxylic acids is 1. The summed E-state index contributed by atoms with van der Waals surface area (Å²) in [4.78, 5) is 11.4. The van der Waals surface area contributed by atoms with Gasteiger partial charge in [0.1, 0.15) is 0 Å². The maximum absolute atomic E-state index is 11.4. The van der Waals surface area contributed by atoms with Crippen molar-refractivity contribution in [1.82, 2.24) is 0 Å². The van der Waals surface area contributed by atoms with Crippen LogP contribution in [0.2, 0.25) is 0 Å². The summed E-state index contributed by atoms with van der Waals surface area (Å²) >= 11 is 0. The van der Waals surface area contributed by atoms with Gasteiger partial charge in [-0.3, -0.25) is 4.79 Å². The molecule has 0 aromatic heterocycles. The Kier molecular flexibility index (Phi) is 5.34. The number of hydrogen-bond acceptors (Lipinski definition) is 2. The number of fused-ring (bicyclic) bond motifs is 1. The minimum atomic E-state index is -0.785. The van der Waals surface area contributed by atoms with Crippen LogP contribution in [0.1, 0.15) is 68.2 Å². The van der Waals surface area contributed by atoms with Gasteiger partial charge in [-0.05, 0) is 57.9 Å². The summed E-state index contributed by atoms with van der Waals surface area (Å²) in [6.07, 6.45) is 3.10. The van der Waals surface area contributed by atoms with Crippen LogP contribution >= 0.6 is 0 Å². The first-order valence-electron chi connectivity index (χ1n) is 9.29. The normalized spacial score (nSPS) is 16.3. The fourth-order valence-corrected chi connectivity index (χ4v) is 3.64. The lowest BCUT2D eigenvalue weighted by molar-refractivity contribution is -0.136. The second-order valence-electron chi connectivity index (χ2n) is 7.63. The molecule has 3 nitrogen and oxygen atoms in total. The zero-order valence-corrected chi connectivity index (χ0v) is 16.0. The van der Waals surface area contributed by atoms with Gasteiger partial charge in [0.05, 0.1) is 19.6 Å². The van der Waals surface area contributed by atoms with Crippen molar-refractivity contribution < 1.29 is 14.6 Å². The maximum Gasteiger partial charge on any atom is 0.307 e. The predicted molar refractivity (Wildman–Crippen MR) is 103 cm³/mol. The average molecular weight is 350 g/mol. The summed E-state index contributed by atoms with van der Waals surface area (Å²) < 4.78 is 5.57. The number of benzene rings is 1. The van der Waals surface area contributed by atoms with E-state index in [1.807, 2.05) is 0 Å². The van der Waals surface area contributed by atoms with Crippen LogP contribution in [-0.4, -0.2) is 24.3 Å². The largest absolute Gasteiger partial charge is 0.481 e. The highest BCUT2D eigenvalue weighted by atomic mass is 16.5. The molecule has 1 heterocycles. The predicted octanol–water partition coefficient (Wildman–Crippen LogP) is 4.98. The number of ether oxygens (including phenoxy) is 1. The van der Waals surface area contributed by atoms with E-state index in [-0.39, 0.29) is 18.3 Å². The second-order valence-corrected chi connectivity index (χ2v) is 7.63. The van der Waals surface area contributed by atoms with E-state index in [2.05, 4.69) is 57.4 Å². The maximum atomic E-state index is 11.4. The van der Waals surface area contributed by atoms with Crippen LogP contribution in [0.3, 0.4) is 0 Å². The van der Waals surface area contributed by atoms with Crippen molar-refractivity contribution >= 4 is 11.5 Å². The number of allylic oxidation sites excluding steroid dienone is 2. The van der Waals surface area contributed by atoms with Crippen molar-refractivity contribution in [2.24, 2.45) is 0 Å². The van der Waals surface area contributed by atoms with E-state index < -0.39 is 5.97 Å². The molecule has 3 heteroatoms. The molecule has 1 aromatic rings. The number of carbonyl (C=O) groups is 1. The average Bonchev–Trinajstić information content (AvgIpc) is 2.60. The van der Waals surface area contributed by atoms with Crippen molar-refractivity contribution in [3.05, 3.63) is 63.1 Å². The van der Waals surface area contributed by atoms with E-state index in [0.29, 0.717) is 6.61 Å². The van der Waals surface area contributed by atoms with Gasteiger partial charge >= 0.3 is 5.97 Å². The summed E-state index contributed by atoms with van der Waals surface area (Å²) in [7, 11) is 0. The highest BCUT2D eigenvalue weighted by Gasteiger charge is 2.20. The van der Waals surface area contributed by atoms with Gasteiger partial charge in [0, 0.05) is 17.6 Å². The van der Waals surface area contributed by atoms with Crippen molar-refractivity contribution in [3.63, 3.8) is 0 Å². The van der Waals surface area contributed by atoms with E-state index in [4.69, 9.17) is 4.74 Å². The molecule has 0 atom stereocenters. The molecule has 0 saturated carbocycles. The Morgan fingerprint density at radius 2 is 1.81 bits per heavy atom. The van der Waals surface area contributed by atoms with E-state index in [1.54, 1.807) is 0 Å². The third-order valence-corrected chi connectivity index (χ3v) is 5.01. The highest BCUT2D eigenvalue weighted by Crippen LogP contribution is 2.34. The summed E-state index contributed by atoms with van der Waals surface area (Å²) in [6, 6.07) is 4.26. The van der Waals surface area contributed by atoms with Crippen LogP contribution < -0.4 is 0 Å². The van der Waals surface area contributed by atoms with Crippen LogP contribution in [-0.2, 0) is 16.0 Å². The first-order valence-corrected chi connectivity index (χ1v) is 9.29. The lowest BCUT2D eigenvalue weighted by Gasteiger charge is -2.22. The molecule has 0 unspecified atom stereocenters. The first-order chi connectivity index (χ1) is 12.4. The monoisotopic (exact) mass is 350 g/mol. The van der Waals surface area contributed by atoms with Crippen LogP contribution in [0.4, 0.5) is 0 Å². The standard InChI is InChI=1S/C23H26O3/c1-14(2)20-10-18(11-21(15(3)4)22(20)12-23(24)25)17-6-5-16-7-8-26-13-19(16)9-17/h9-11,14-15H,7-8,12-13H2,1-4H3,(H,24,25). The smallest absolute Gasteiger partial charge is 0.307 e. The molecule has 0 radical (unpaired) electrons. The zero-order valence-electron chi connectivity index (χ0n) is 16.0. The Bertz CT molecular complexity index is 842. The van der Waals surface area contributed by atoms with Crippen LogP contribution in [0.25, 0.3) is 5.57 Å². The SMILES string of the molecule is CC(C)c1cc(C2=C=C=C3CCOCC3=C2)cc(C(C)C)c1CC(=O)O. The Morgan fingerprint density at radius 1 is 1.15 bits per heavy atom. The molecule has 1 N–H and O–H groups in total. The fraction of sp³-hybridized carbons (Fsp3) is 0.435. The summed E-state index contributed by atoms with van der Waals surface area (Å²) in [6.45, 7) is 9.83. The minimum Gasteiger partial charge on any atom is -0.481 e. The minimum absolute atomic E-state index is 0.0647. The molecule has 1 aromatic carbocycles. The Balaban J connectivity index is 2.18. The lowest BCUT2D eigenvalue weighted by Crippen LogP contribution is -2.12. The number of carboxylic acid groups (broad SMARTS) is 1. The quantitative estimate of drug-likeness (QED) is 0.762. The van der Waals surface area contributed by atoms with Crippen LogP contribution in [0.5, 0.6) is 0 Å². The van der Waals surface area contributed by atoms with Gasteiger partial charge < -0.3 is 9.84 Å². The number of carboxylic acids is 1. The molecule has 0 spiro atoms. The van der Waals surface area contributed by atoms with Gasteiger partial charge in [0.25, 0.3) is 0 Å². The highest BCUT2D eigenvalue weighted by molar-refractivity contribution is 5.79. The molecule has 1 aliphatic carbocycles. The van der Waals surface area contributed by atoms with Crippen LogP contribution in [0, 0.1) is 0 Å². The second kappa shape index (κ2) is 7.51. The van der Waals surface area contributed by atoms with Gasteiger partial charge in [0.15, 0.2) is 0 Å². The molecule has 1 saturated heterocycles. The Labute approximate surface area is 155 Å². The first kappa shape index (κ1) is 18.5.